The Kier molecular flexibility index (Phi) is 5.40. The van der Waals surface area contributed by atoms with Crippen molar-refractivity contribution in [3.8, 4) is 0 Å². The van der Waals surface area contributed by atoms with Crippen molar-refractivity contribution in [1.29, 1.82) is 0 Å². The Morgan fingerprint density at radius 1 is 1.50 bits per heavy atom. The highest BCUT2D eigenvalue weighted by Gasteiger charge is 2.06. The van der Waals surface area contributed by atoms with E-state index >= 15 is 0 Å². The van der Waals surface area contributed by atoms with E-state index in [9.17, 15) is 4.79 Å². The van der Waals surface area contributed by atoms with Crippen LogP contribution in [-0.4, -0.2) is 29.8 Å². The van der Waals surface area contributed by atoms with E-state index in [1.807, 2.05) is 13.8 Å². The lowest BCUT2D eigenvalue weighted by Gasteiger charge is -2.18. The highest BCUT2D eigenvalue weighted by atomic mass is 35.5. The van der Waals surface area contributed by atoms with Gasteiger partial charge in [-0.1, -0.05) is 6.92 Å². The molecule has 0 saturated carbocycles. The molecule has 0 aliphatic heterocycles. The van der Waals surface area contributed by atoms with E-state index in [-0.39, 0.29) is 11.8 Å². The summed E-state index contributed by atoms with van der Waals surface area (Å²) in [6, 6.07) is 0. The lowest BCUT2D eigenvalue weighted by molar-refractivity contribution is -0.128. The summed E-state index contributed by atoms with van der Waals surface area (Å²) < 4.78 is 0. The Bertz CT molecular complexity index is 106. The zero-order valence-electron chi connectivity index (χ0n) is 6.56. The Hall–Kier alpha value is -0.240. The van der Waals surface area contributed by atoms with Crippen LogP contribution in [0.4, 0.5) is 0 Å². The van der Waals surface area contributed by atoms with E-state index in [0.29, 0.717) is 0 Å². The standard InChI is InChI=1S/C7H14ClNO/c1-3-5-9(4-2)7(10)6-8/h3-6H2,1-2H3. The molecular formula is C7H14ClNO. The lowest BCUT2D eigenvalue weighted by atomic mass is 10.4. The fourth-order valence-corrected chi connectivity index (χ4v) is 0.983. The Balaban J connectivity index is 3.68. The zero-order chi connectivity index (χ0) is 7.98. The molecule has 0 aliphatic rings. The van der Waals surface area contributed by atoms with Gasteiger partial charge in [-0.3, -0.25) is 4.79 Å². The van der Waals surface area contributed by atoms with Crippen LogP contribution in [-0.2, 0) is 4.79 Å². The lowest BCUT2D eigenvalue weighted by Crippen LogP contribution is -2.32. The Morgan fingerprint density at radius 2 is 2.10 bits per heavy atom. The normalized spacial score (nSPS) is 9.50. The third-order valence-corrected chi connectivity index (χ3v) is 1.57. The second-order valence-electron chi connectivity index (χ2n) is 2.11. The molecule has 1 amide bonds. The molecule has 0 rings (SSSR count). The molecule has 0 aromatic rings. The van der Waals surface area contributed by atoms with Crippen molar-refractivity contribution < 1.29 is 4.79 Å². The van der Waals surface area contributed by atoms with Gasteiger partial charge in [-0.15, -0.1) is 11.6 Å². The molecule has 0 aliphatic carbocycles. The van der Waals surface area contributed by atoms with Gasteiger partial charge in [0.15, 0.2) is 0 Å². The average molecular weight is 164 g/mol. The summed E-state index contributed by atoms with van der Waals surface area (Å²) in [6.07, 6.45) is 0.996. The topological polar surface area (TPSA) is 20.3 Å². The zero-order valence-corrected chi connectivity index (χ0v) is 7.32. The summed E-state index contributed by atoms with van der Waals surface area (Å²) in [6.45, 7) is 5.59. The largest absolute Gasteiger partial charge is 0.342 e. The second-order valence-corrected chi connectivity index (χ2v) is 2.37. The number of carbonyl (C=O) groups excluding carboxylic acids is 1. The molecule has 0 bridgehead atoms. The number of amides is 1. The smallest absolute Gasteiger partial charge is 0.237 e. The van der Waals surface area contributed by atoms with Crippen LogP contribution in [0.5, 0.6) is 0 Å². The maximum absolute atomic E-state index is 10.9. The summed E-state index contributed by atoms with van der Waals surface area (Å²) in [5.74, 6) is 0.138. The maximum Gasteiger partial charge on any atom is 0.237 e. The monoisotopic (exact) mass is 163 g/mol. The molecule has 0 fully saturated rings. The molecule has 0 aromatic heterocycles. The number of hydrogen-bond donors (Lipinski definition) is 0. The van der Waals surface area contributed by atoms with Crippen LogP contribution >= 0.6 is 11.6 Å². The number of nitrogens with zero attached hydrogens (tertiary/aromatic N) is 1. The Morgan fingerprint density at radius 3 is 2.40 bits per heavy atom. The van der Waals surface area contributed by atoms with Gasteiger partial charge in [-0.25, -0.2) is 0 Å². The van der Waals surface area contributed by atoms with Crippen molar-refractivity contribution in [2.45, 2.75) is 20.3 Å². The van der Waals surface area contributed by atoms with E-state index in [1.54, 1.807) is 4.90 Å². The van der Waals surface area contributed by atoms with E-state index < -0.39 is 0 Å². The second kappa shape index (κ2) is 5.54. The van der Waals surface area contributed by atoms with E-state index in [0.717, 1.165) is 19.5 Å². The molecule has 60 valence electrons. The molecule has 0 N–H and O–H groups in total. The minimum atomic E-state index is 0.0333. The number of carbonyl (C=O) groups is 1. The first-order valence-corrected chi connectivity index (χ1v) is 4.13. The summed E-state index contributed by atoms with van der Waals surface area (Å²) in [4.78, 5) is 12.7. The molecule has 0 radical (unpaired) electrons. The van der Waals surface area contributed by atoms with Gasteiger partial charge in [0.05, 0.1) is 0 Å². The fraction of sp³-hybridized carbons (Fsp3) is 0.857. The van der Waals surface area contributed by atoms with Gasteiger partial charge < -0.3 is 4.90 Å². The van der Waals surface area contributed by atoms with Crippen molar-refractivity contribution in [2.24, 2.45) is 0 Å². The quantitative estimate of drug-likeness (QED) is 0.575. The van der Waals surface area contributed by atoms with Crippen molar-refractivity contribution >= 4 is 17.5 Å². The molecule has 0 spiro atoms. The first kappa shape index (κ1) is 9.76. The number of rotatable bonds is 4. The third-order valence-electron chi connectivity index (χ3n) is 1.34. The van der Waals surface area contributed by atoms with Crippen molar-refractivity contribution in [3.05, 3.63) is 0 Å². The molecule has 3 heteroatoms. The molecule has 0 unspecified atom stereocenters. The Labute approximate surface area is 67.2 Å². The van der Waals surface area contributed by atoms with E-state index in [4.69, 9.17) is 11.6 Å². The highest BCUT2D eigenvalue weighted by molar-refractivity contribution is 6.27. The van der Waals surface area contributed by atoms with Gasteiger partial charge >= 0.3 is 0 Å². The predicted molar refractivity (Wildman–Crippen MR) is 43.3 cm³/mol. The summed E-state index contributed by atoms with van der Waals surface area (Å²) in [7, 11) is 0. The molecule has 0 aromatic carbocycles. The van der Waals surface area contributed by atoms with Crippen molar-refractivity contribution in [1.82, 2.24) is 4.90 Å². The van der Waals surface area contributed by atoms with Gasteiger partial charge in [0.1, 0.15) is 5.88 Å². The summed E-state index contributed by atoms with van der Waals surface area (Å²) in [5.41, 5.74) is 0. The van der Waals surface area contributed by atoms with E-state index in [2.05, 4.69) is 0 Å². The fourth-order valence-electron chi connectivity index (χ4n) is 0.814. The van der Waals surface area contributed by atoms with Crippen LogP contribution in [0.15, 0.2) is 0 Å². The SMILES string of the molecule is CCCN(CC)C(=O)CCl. The first-order valence-electron chi connectivity index (χ1n) is 3.60. The number of hydrogen-bond acceptors (Lipinski definition) is 1. The van der Waals surface area contributed by atoms with Gasteiger partial charge in [0, 0.05) is 13.1 Å². The molecule has 0 heterocycles. The van der Waals surface area contributed by atoms with Crippen LogP contribution in [0.3, 0.4) is 0 Å². The van der Waals surface area contributed by atoms with Crippen LogP contribution in [0.25, 0.3) is 0 Å². The van der Waals surface area contributed by atoms with Crippen LogP contribution in [0.1, 0.15) is 20.3 Å². The maximum atomic E-state index is 10.9. The molecular weight excluding hydrogens is 150 g/mol. The summed E-state index contributed by atoms with van der Waals surface area (Å²) in [5, 5.41) is 0. The van der Waals surface area contributed by atoms with Crippen molar-refractivity contribution in [2.75, 3.05) is 19.0 Å². The first-order chi connectivity index (χ1) is 4.76. The van der Waals surface area contributed by atoms with Crippen molar-refractivity contribution in [3.63, 3.8) is 0 Å². The molecule has 10 heavy (non-hydrogen) atoms. The number of halogens is 1. The minimum Gasteiger partial charge on any atom is -0.342 e. The third kappa shape index (κ3) is 3.06. The minimum absolute atomic E-state index is 0.0333. The molecule has 0 atom stereocenters. The molecule has 0 saturated heterocycles. The van der Waals surface area contributed by atoms with Gasteiger partial charge in [0.25, 0.3) is 0 Å². The van der Waals surface area contributed by atoms with Crippen LogP contribution < -0.4 is 0 Å². The van der Waals surface area contributed by atoms with E-state index in [1.165, 1.54) is 0 Å². The highest BCUT2D eigenvalue weighted by Crippen LogP contribution is 1.93. The average Bonchev–Trinajstić information content (AvgIpc) is 1.99. The van der Waals surface area contributed by atoms with Gasteiger partial charge in [0.2, 0.25) is 5.91 Å². The summed E-state index contributed by atoms with van der Waals surface area (Å²) >= 11 is 5.37. The van der Waals surface area contributed by atoms with Gasteiger partial charge in [-0.05, 0) is 13.3 Å². The van der Waals surface area contributed by atoms with Gasteiger partial charge in [-0.2, -0.15) is 0 Å². The number of alkyl halides is 1. The molecule has 2 nitrogen and oxygen atoms in total. The predicted octanol–water partition coefficient (Wildman–Crippen LogP) is 1.48. The van der Waals surface area contributed by atoms with Crippen LogP contribution in [0.2, 0.25) is 0 Å². The van der Waals surface area contributed by atoms with Crippen LogP contribution in [0, 0.1) is 0 Å².